The second-order valence-corrected chi connectivity index (χ2v) is 5.74. The average Bonchev–Trinajstić information content (AvgIpc) is 2.77. The first-order valence-corrected chi connectivity index (χ1v) is 7.04. The molecular formula is C16H17ClN2O. The zero-order chi connectivity index (χ0) is 14.2. The summed E-state index contributed by atoms with van der Waals surface area (Å²) in [5, 5.41) is 2.67. The molecule has 1 aromatic carbocycles. The SMILES string of the molecule is CN1OC(c2ccccc2Cl)CC1(C)c1cccnc1. The van der Waals surface area contributed by atoms with E-state index in [9.17, 15) is 0 Å². The van der Waals surface area contributed by atoms with E-state index in [2.05, 4.69) is 18.0 Å². The van der Waals surface area contributed by atoms with Gasteiger partial charge >= 0.3 is 0 Å². The number of hydrogen-bond donors (Lipinski definition) is 0. The van der Waals surface area contributed by atoms with E-state index >= 15 is 0 Å². The Labute approximate surface area is 124 Å². The second kappa shape index (κ2) is 5.17. The Morgan fingerprint density at radius 3 is 2.80 bits per heavy atom. The van der Waals surface area contributed by atoms with Gasteiger partial charge in [-0.25, -0.2) is 0 Å². The average molecular weight is 289 g/mol. The summed E-state index contributed by atoms with van der Waals surface area (Å²) in [6.07, 6.45) is 4.50. The van der Waals surface area contributed by atoms with Crippen LogP contribution in [0.15, 0.2) is 48.8 Å². The summed E-state index contributed by atoms with van der Waals surface area (Å²) < 4.78 is 0. The summed E-state index contributed by atoms with van der Waals surface area (Å²) in [5.74, 6) is 0. The number of nitrogens with zero attached hydrogens (tertiary/aromatic N) is 2. The molecule has 3 nitrogen and oxygen atoms in total. The lowest BCUT2D eigenvalue weighted by Gasteiger charge is -2.29. The molecule has 4 heteroatoms. The van der Waals surface area contributed by atoms with Crippen LogP contribution in [0.4, 0.5) is 0 Å². The predicted octanol–water partition coefficient (Wildman–Crippen LogP) is 3.96. The van der Waals surface area contributed by atoms with E-state index in [1.165, 1.54) is 0 Å². The summed E-state index contributed by atoms with van der Waals surface area (Å²) in [5.41, 5.74) is 1.99. The summed E-state index contributed by atoms with van der Waals surface area (Å²) in [6.45, 7) is 2.17. The van der Waals surface area contributed by atoms with Crippen LogP contribution in [-0.2, 0) is 10.4 Å². The van der Waals surface area contributed by atoms with Gasteiger partial charge < -0.3 is 0 Å². The Kier molecular flexibility index (Phi) is 3.50. The van der Waals surface area contributed by atoms with Crippen molar-refractivity contribution in [2.45, 2.75) is 25.0 Å². The lowest BCUT2D eigenvalue weighted by atomic mass is 9.87. The molecular weight excluding hydrogens is 272 g/mol. The van der Waals surface area contributed by atoms with Gasteiger partial charge in [0.05, 0.1) is 5.54 Å². The minimum absolute atomic E-state index is 0.0288. The van der Waals surface area contributed by atoms with E-state index < -0.39 is 0 Å². The molecule has 104 valence electrons. The van der Waals surface area contributed by atoms with Gasteiger partial charge in [0.1, 0.15) is 6.10 Å². The first kappa shape index (κ1) is 13.6. The van der Waals surface area contributed by atoms with Crippen LogP contribution in [-0.4, -0.2) is 17.1 Å². The van der Waals surface area contributed by atoms with Crippen LogP contribution in [0.25, 0.3) is 0 Å². The van der Waals surface area contributed by atoms with E-state index in [0.29, 0.717) is 0 Å². The molecule has 0 aliphatic carbocycles. The third-order valence-corrected chi connectivity index (χ3v) is 4.44. The molecule has 0 amide bonds. The number of pyridine rings is 1. The van der Waals surface area contributed by atoms with Crippen LogP contribution in [0.2, 0.25) is 5.02 Å². The zero-order valence-electron chi connectivity index (χ0n) is 11.6. The summed E-state index contributed by atoms with van der Waals surface area (Å²) in [4.78, 5) is 10.2. The highest BCUT2D eigenvalue weighted by molar-refractivity contribution is 6.31. The Morgan fingerprint density at radius 2 is 2.10 bits per heavy atom. The Morgan fingerprint density at radius 1 is 1.30 bits per heavy atom. The molecule has 0 radical (unpaired) electrons. The maximum atomic E-state index is 6.28. The molecule has 2 aromatic rings. The van der Waals surface area contributed by atoms with Gasteiger partial charge in [-0.2, -0.15) is 5.06 Å². The van der Waals surface area contributed by atoms with Gasteiger partial charge in [0.2, 0.25) is 0 Å². The number of halogens is 1. The molecule has 0 saturated carbocycles. The molecule has 1 aliphatic heterocycles. The van der Waals surface area contributed by atoms with Crippen molar-refractivity contribution in [2.24, 2.45) is 0 Å². The highest BCUT2D eigenvalue weighted by atomic mass is 35.5. The third kappa shape index (κ3) is 2.22. The fourth-order valence-corrected chi connectivity index (χ4v) is 2.98. The summed E-state index contributed by atoms with van der Waals surface area (Å²) >= 11 is 6.28. The Balaban J connectivity index is 1.93. The fourth-order valence-electron chi connectivity index (χ4n) is 2.72. The zero-order valence-corrected chi connectivity index (χ0v) is 12.3. The molecule has 1 saturated heterocycles. The van der Waals surface area contributed by atoms with Gasteiger partial charge in [-0.3, -0.25) is 9.82 Å². The van der Waals surface area contributed by atoms with Crippen molar-refractivity contribution in [2.75, 3.05) is 7.05 Å². The van der Waals surface area contributed by atoms with Crippen LogP contribution in [0.1, 0.15) is 30.6 Å². The van der Waals surface area contributed by atoms with Crippen LogP contribution >= 0.6 is 11.6 Å². The first-order chi connectivity index (χ1) is 9.61. The highest BCUT2D eigenvalue weighted by Crippen LogP contribution is 2.46. The quantitative estimate of drug-likeness (QED) is 0.836. The van der Waals surface area contributed by atoms with E-state index in [0.717, 1.165) is 22.6 Å². The molecule has 0 N–H and O–H groups in total. The van der Waals surface area contributed by atoms with Crippen molar-refractivity contribution in [3.63, 3.8) is 0 Å². The lowest BCUT2D eigenvalue weighted by Crippen LogP contribution is -2.34. The van der Waals surface area contributed by atoms with Crippen LogP contribution in [0, 0.1) is 0 Å². The monoisotopic (exact) mass is 288 g/mol. The van der Waals surface area contributed by atoms with Gasteiger partial charge in [0.25, 0.3) is 0 Å². The van der Waals surface area contributed by atoms with Crippen molar-refractivity contribution in [3.8, 4) is 0 Å². The largest absolute Gasteiger partial charge is 0.290 e. The molecule has 20 heavy (non-hydrogen) atoms. The standard InChI is InChI=1S/C16H17ClN2O/c1-16(12-6-5-9-18-11-12)10-15(20-19(16)2)13-7-3-4-8-14(13)17/h3-9,11,15H,10H2,1-2H3. The van der Waals surface area contributed by atoms with Crippen molar-refractivity contribution in [3.05, 3.63) is 64.9 Å². The lowest BCUT2D eigenvalue weighted by molar-refractivity contribution is -0.169. The van der Waals surface area contributed by atoms with Gasteiger partial charge in [-0.05, 0) is 24.6 Å². The number of benzene rings is 1. The summed E-state index contributed by atoms with van der Waals surface area (Å²) in [6, 6.07) is 11.9. The minimum Gasteiger partial charge on any atom is -0.290 e. The fraction of sp³-hybridized carbons (Fsp3) is 0.312. The molecule has 3 rings (SSSR count). The molecule has 2 atom stereocenters. The molecule has 0 bridgehead atoms. The first-order valence-electron chi connectivity index (χ1n) is 6.67. The van der Waals surface area contributed by atoms with Gasteiger partial charge in [-0.1, -0.05) is 35.9 Å². The molecule has 1 aliphatic rings. The number of aromatic nitrogens is 1. The van der Waals surface area contributed by atoms with E-state index in [4.69, 9.17) is 16.4 Å². The van der Waals surface area contributed by atoms with Gasteiger partial charge in [0, 0.05) is 36.4 Å². The van der Waals surface area contributed by atoms with E-state index in [-0.39, 0.29) is 11.6 Å². The van der Waals surface area contributed by atoms with Gasteiger partial charge in [0.15, 0.2) is 0 Å². The summed E-state index contributed by atoms with van der Waals surface area (Å²) in [7, 11) is 1.96. The third-order valence-electron chi connectivity index (χ3n) is 4.10. The Hall–Kier alpha value is -1.42. The predicted molar refractivity (Wildman–Crippen MR) is 79.2 cm³/mol. The van der Waals surface area contributed by atoms with Crippen molar-refractivity contribution in [1.29, 1.82) is 0 Å². The molecule has 2 heterocycles. The Bertz CT molecular complexity index is 604. The van der Waals surface area contributed by atoms with E-state index in [1.807, 2.05) is 48.6 Å². The molecule has 1 aromatic heterocycles. The van der Waals surface area contributed by atoms with Crippen molar-refractivity contribution < 1.29 is 4.84 Å². The maximum absolute atomic E-state index is 6.28. The number of rotatable bonds is 2. The molecule has 1 fully saturated rings. The number of hydrogen-bond acceptors (Lipinski definition) is 3. The van der Waals surface area contributed by atoms with Crippen molar-refractivity contribution >= 4 is 11.6 Å². The normalized spacial score (nSPS) is 26.9. The molecule has 0 spiro atoms. The topological polar surface area (TPSA) is 25.4 Å². The molecule has 2 unspecified atom stereocenters. The second-order valence-electron chi connectivity index (χ2n) is 5.33. The van der Waals surface area contributed by atoms with Crippen LogP contribution in [0.3, 0.4) is 0 Å². The maximum Gasteiger partial charge on any atom is 0.108 e. The minimum atomic E-state index is -0.196. The van der Waals surface area contributed by atoms with Gasteiger partial charge in [-0.15, -0.1) is 0 Å². The van der Waals surface area contributed by atoms with E-state index in [1.54, 1.807) is 6.20 Å². The van der Waals surface area contributed by atoms with Crippen molar-refractivity contribution in [1.82, 2.24) is 10.0 Å². The number of hydroxylamine groups is 2. The van der Waals surface area contributed by atoms with Crippen LogP contribution < -0.4 is 0 Å². The van der Waals surface area contributed by atoms with Crippen LogP contribution in [0.5, 0.6) is 0 Å². The highest BCUT2D eigenvalue weighted by Gasteiger charge is 2.43. The smallest absolute Gasteiger partial charge is 0.108 e.